The maximum absolute atomic E-state index is 12.7. The van der Waals surface area contributed by atoms with E-state index in [4.69, 9.17) is 9.52 Å². The molecule has 1 N–H and O–H groups in total. The van der Waals surface area contributed by atoms with Crippen LogP contribution in [0.3, 0.4) is 0 Å². The zero-order chi connectivity index (χ0) is 18.2. The van der Waals surface area contributed by atoms with Gasteiger partial charge in [0.1, 0.15) is 10.7 Å². The fraction of sp³-hybridized carbons (Fsp3) is 0.600. The van der Waals surface area contributed by atoms with E-state index in [1.165, 1.54) is 38.9 Å². The van der Waals surface area contributed by atoms with Crippen LogP contribution in [-0.2, 0) is 14.8 Å². The zero-order valence-corrected chi connectivity index (χ0v) is 15.0. The van der Waals surface area contributed by atoms with Crippen molar-refractivity contribution in [2.45, 2.75) is 37.6 Å². The highest BCUT2D eigenvalue weighted by Crippen LogP contribution is 2.31. The molecule has 24 heavy (non-hydrogen) atoms. The number of aryl methyl sites for hydroxylation is 1. The quantitative estimate of drug-likeness (QED) is 0.784. The first kappa shape index (κ1) is 18.5. The van der Waals surface area contributed by atoms with E-state index in [-0.39, 0.29) is 29.0 Å². The van der Waals surface area contributed by atoms with Crippen molar-refractivity contribution in [1.29, 1.82) is 0 Å². The maximum atomic E-state index is 12.7. The second kappa shape index (κ2) is 6.56. The molecule has 134 valence electrons. The number of rotatable bonds is 7. The van der Waals surface area contributed by atoms with E-state index in [0.29, 0.717) is 0 Å². The molecule has 1 saturated carbocycles. The molecule has 0 bridgehead atoms. The summed E-state index contributed by atoms with van der Waals surface area (Å²) in [7, 11) is -0.918. The average Bonchev–Trinajstić information content (AvgIpc) is 3.25. The van der Waals surface area contributed by atoms with Crippen molar-refractivity contribution in [3.8, 4) is 0 Å². The van der Waals surface area contributed by atoms with Gasteiger partial charge in [0.2, 0.25) is 10.0 Å². The third kappa shape index (κ3) is 3.62. The van der Waals surface area contributed by atoms with Gasteiger partial charge in [-0.25, -0.2) is 12.7 Å². The normalized spacial score (nSPS) is 16.2. The first-order valence-electron chi connectivity index (χ1n) is 7.62. The number of carbonyl (C=O) groups excluding carboxylic acids is 1. The number of amides is 1. The van der Waals surface area contributed by atoms with E-state index in [2.05, 4.69) is 0 Å². The molecule has 1 aromatic rings. The molecule has 0 spiro atoms. The Morgan fingerprint density at radius 2 is 1.96 bits per heavy atom. The maximum Gasteiger partial charge on any atom is 0.308 e. The van der Waals surface area contributed by atoms with Gasteiger partial charge in [-0.1, -0.05) is 6.92 Å². The smallest absolute Gasteiger partial charge is 0.308 e. The van der Waals surface area contributed by atoms with Gasteiger partial charge >= 0.3 is 5.97 Å². The SMILES string of the molecule is Cc1oc(C(=O)N(CC(C)C(=O)O)C2CC2)cc1S(=O)(=O)N(C)C. The molecule has 1 fully saturated rings. The Morgan fingerprint density at radius 1 is 1.38 bits per heavy atom. The van der Waals surface area contributed by atoms with Gasteiger partial charge in [-0.2, -0.15) is 0 Å². The Labute approximate surface area is 141 Å². The fourth-order valence-electron chi connectivity index (χ4n) is 2.32. The molecule has 1 aliphatic rings. The first-order chi connectivity index (χ1) is 11.1. The summed E-state index contributed by atoms with van der Waals surface area (Å²) < 4.78 is 30.9. The minimum Gasteiger partial charge on any atom is -0.481 e. The largest absolute Gasteiger partial charge is 0.481 e. The molecule has 0 saturated heterocycles. The summed E-state index contributed by atoms with van der Waals surface area (Å²) in [5, 5.41) is 9.06. The lowest BCUT2D eigenvalue weighted by Crippen LogP contribution is -2.38. The lowest BCUT2D eigenvalue weighted by Gasteiger charge is -2.23. The Balaban J connectivity index is 2.30. The number of carboxylic acids is 1. The van der Waals surface area contributed by atoms with Crippen LogP contribution in [0.25, 0.3) is 0 Å². The second-order valence-corrected chi connectivity index (χ2v) is 8.37. The predicted molar refractivity (Wildman–Crippen MR) is 85.2 cm³/mol. The predicted octanol–water partition coefficient (Wildman–Crippen LogP) is 1.16. The summed E-state index contributed by atoms with van der Waals surface area (Å²) in [6, 6.07) is 1.20. The van der Waals surface area contributed by atoms with Crippen LogP contribution in [0.1, 0.15) is 36.1 Å². The summed E-state index contributed by atoms with van der Waals surface area (Å²) in [5.41, 5.74) is 0. The van der Waals surface area contributed by atoms with Crippen molar-refractivity contribution in [3.63, 3.8) is 0 Å². The average molecular weight is 358 g/mol. The van der Waals surface area contributed by atoms with Crippen LogP contribution in [0.15, 0.2) is 15.4 Å². The Morgan fingerprint density at radius 3 is 2.42 bits per heavy atom. The number of hydrogen-bond donors (Lipinski definition) is 1. The molecular weight excluding hydrogens is 336 g/mol. The van der Waals surface area contributed by atoms with Crippen LogP contribution >= 0.6 is 0 Å². The molecule has 0 aromatic carbocycles. The summed E-state index contributed by atoms with van der Waals surface area (Å²) in [5.74, 6) is -2.13. The van der Waals surface area contributed by atoms with Crippen LogP contribution in [0, 0.1) is 12.8 Å². The van der Waals surface area contributed by atoms with Gasteiger partial charge in [0.15, 0.2) is 5.76 Å². The Bertz CT molecular complexity index is 748. The Kier molecular flexibility index (Phi) is 5.05. The zero-order valence-electron chi connectivity index (χ0n) is 14.1. The van der Waals surface area contributed by atoms with Gasteiger partial charge in [-0.05, 0) is 19.8 Å². The molecule has 1 aromatic heterocycles. The molecular formula is C15H22N2O6S. The number of carboxylic acid groups (broad SMARTS) is 1. The minimum atomic E-state index is -3.71. The van der Waals surface area contributed by atoms with Gasteiger partial charge in [0.25, 0.3) is 5.91 Å². The first-order valence-corrected chi connectivity index (χ1v) is 9.06. The van der Waals surface area contributed by atoms with Crippen molar-refractivity contribution in [3.05, 3.63) is 17.6 Å². The molecule has 2 rings (SSSR count). The van der Waals surface area contributed by atoms with E-state index in [9.17, 15) is 18.0 Å². The van der Waals surface area contributed by atoms with E-state index >= 15 is 0 Å². The van der Waals surface area contributed by atoms with E-state index in [0.717, 1.165) is 17.1 Å². The molecule has 0 aliphatic heterocycles. The van der Waals surface area contributed by atoms with Crippen molar-refractivity contribution in [2.24, 2.45) is 5.92 Å². The summed E-state index contributed by atoms with van der Waals surface area (Å²) in [4.78, 5) is 25.1. The van der Waals surface area contributed by atoms with E-state index in [1.54, 1.807) is 0 Å². The van der Waals surface area contributed by atoms with E-state index in [1.807, 2.05) is 0 Å². The molecule has 1 heterocycles. The number of sulfonamides is 1. The molecule has 8 nitrogen and oxygen atoms in total. The monoisotopic (exact) mass is 358 g/mol. The van der Waals surface area contributed by atoms with E-state index < -0.39 is 27.8 Å². The number of aliphatic carboxylic acids is 1. The van der Waals surface area contributed by atoms with Crippen LogP contribution in [-0.4, -0.2) is 61.3 Å². The topological polar surface area (TPSA) is 108 Å². The van der Waals surface area contributed by atoms with Crippen LogP contribution in [0.4, 0.5) is 0 Å². The lowest BCUT2D eigenvalue weighted by atomic mass is 10.1. The van der Waals surface area contributed by atoms with Crippen LogP contribution in [0.5, 0.6) is 0 Å². The number of carbonyl (C=O) groups is 2. The van der Waals surface area contributed by atoms with Gasteiger partial charge in [-0.3, -0.25) is 9.59 Å². The molecule has 1 amide bonds. The summed E-state index contributed by atoms with van der Waals surface area (Å²) >= 11 is 0. The fourth-order valence-corrected chi connectivity index (χ4v) is 3.38. The molecule has 0 radical (unpaired) electrons. The summed E-state index contributed by atoms with van der Waals surface area (Å²) in [6.45, 7) is 3.07. The summed E-state index contributed by atoms with van der Waals surface area (Å²) in [6.07, 6.45) is 1.61. The van der Waals surface area contributed by atoms with Crippen molar-refractivity contribution < 1.29 is 27.5 Å². The highest BCUT2D eigenvalue weighted by Gasteiger charge is 2.37. The molecule has 9 heteroatoms. The Hall–Kier alpha value is -1.87. The number of furan rings is 1. The molecule has 1 unspecified atom stereocenters. The molecule has 1 aliphatic carbocycles. The molecule has 1 atom stereocenters. The van der Waals surface area contributed by atoms with Crippen molar-refractivity contribution >= 4 is 21.9 Å². The van der Waals surface area contributed by atoms with Gasteiger partial charge in [0, 0.05) is 32.7 Å². The van der Waals surface area contributed by atoms with Gasteiger partial charge in [0.05, 0.1) is 5.92 Å². The highest BCUT2D eigenvalue weighted by atomic mass is 32.2. The lowest BCUT2D eigenvalue weighted by molar-refractivity contribution is -0.141. The third-order valence-electron chi connectivity index (χ3n) is 3.98. The highest BCUT2D eigenvalue weighted by molar-refractivity contribution is 7.89. The second-order valence-electron chi connectivity index (χ2n) is 6.25. The standard InChI is InChI=1S/C15H22N2O6S/c1-9(15(19)20)8-17(11-5-6-11)14(18)12-7-13(10(2)23-12)24(21,22)16(3)4/h7,9,11H,5-6,8H2,1-4H3,(H,19,20). The van der Waals surface area contributed by atoms with Gasteiger partial charge < -0.3 is 14.4 Å². The van der Waals surface area contributed by atoms with Crippen molar-refractivity contribution in [2.75, 3.05) is 20.6 Å². The van der Waals surface area contributed by atoms with Crippen LogP contribution in [0.2, 0.25) is 0 Å². The number of hydrogen-bond acceptors (Lipinski definition) is 5. The van der Waals surface area contributed by atoms with Crippen LogP contribution < -0.4 is 0 Å². The minimum absolute atomic E-state index is 0.0152. The van der Waals surface area contributed by atoms with Gasteiger partial charge in [-0.15, -0.1) is 0 Å². The third-order valence-corrected chi connectivity index (χ3v) is 5.90. The van der Waals surface area contributed by atoms with Crippen molar-refractivity contribution in [1.82, 2.24) is 9.21 Å². The number of nitrogens with zero attached hydrogens (tertiary/aromatic N) is 2.